The number of ether oxygens (including phenoxy) is 1. The van der Waals surface area contributed by atoms with E-state index in [1.165, 1.54) is 21.1 Å². The highest BCUT2D eigenvalue weighted by atomic mass is 35.5. The fourth-order valence-corrected chi connectivity index (χ4v) is 3.53. The van der Waals surface area contributed by atoms with E-state index in [1.807, 2.05) is 0 Å². The lowest BCUT2D eigenvalue weighted by Crippen LogP contribution is -2.20. The molecule has 1 heterocycles. The van der Waals surface area contributed by atoms with Gasteiger partial charge in [-0.15, -0.1) is 11.3 Å². The zero-order chi connectivity index (χ0) is 22.5. The summed E-state index contributed by atoms with van der Waals surface area (Å²) in [6, 6.07) is 5.13. The molecular weight excluding hydrogens is 447 g/mol. The molecule has 30 heavy (non-hydrogen) atoms. The van der Waals surface area contributed by atoms with Crippen molar-refractivity contribution in [2.75, 3.05) is 14.2 Å². The minimum atomic E-state index is -4.60. The number of methoxy groups -OCH3 is 1. The van der Waals surface area contributed by atoms with E-state index in [0.29, 0.717) is 22.5 Å². The lowest BCUT2D eigenvalue weighted by molar-refractivity contribution is -0.137. The topological polar surface area (TPSA) is 82.4 Å². The van der Waals surface area contributed by atoms with Crippen molar-refractivity contribution in [2.45, 2.75) is 26.6 Å². The van der Waals surface area contributed by atoms with Crippen LogP contribution in [-0.2, 0) is 32.0 Å². The van der Waals surface area contributed by atoms with E-state index < -0.39 is 17.2 Å². The number of esters is 1. The number of rotatable bonds is 7. The molecule has 0 aliphatic heterocycles. The number of carbonyl (C=O) groups excluding carboxylic acids is 1. The summed E-state index contributed by atoms with van der Waals surface area (Å²) in [5.41, 5.74) is 1.81. The first-order valence-electron chi connectivity index (χ1n) is 8.28. The highest BCUT2D eigenvalue weighted by Crippen LogP contribution is 2.36. The summed E-state index contributed by atoms with van der Waals surface area (Å²) in [7, 11) is 2.50. The Kier molecular flexibility index (Phi) is 7.79. The predicted octanol–water partition coefficient (Wildman–Crippen LogP) is 4.59. The average molecular weight is 464 g/mol. The van der Waals surface area contributed by atoms with Crippen molar-refractivity contribution in [2.24, 2.45) is 10.3 Å². The van der Waals surface area contributed by atoms with Crippen LogP contribution in [0.2, 0.25) is 5.15 Å². The summed E-state index contributed by atoms with van der Waals surface area (Å²) >= 11 is 6.17. The van der Waals surface area contributed by atoms with E-state index in [0.717, 1.165) is 5.56 Å². The van der Waals surface area contributed by atoms with Crippen LogP contribution in [-0.4, -0.2) is 36.6 Å². The van der Waals surface area contributed by atoms with Crippen LogP contribution in [0.25, 0.3) is 0 Å². The van der Waals surface area contributed by atoms with Crippen molar-refractivity contribution in [1.29, 1.82) is 0 Å². The van der Waals surface area contributed by atoms with Gasteiger partial charge in [0.1, 0.15) is 18.9 Å². The number of nitrogens with zero attached hydrogens (tertiary/aromatic N) is 3. The van der Waals surface area contributed by atoms with E-state index >= 15 is 0 Å². The Morgan fingerprint density at radius 3 is 2.53 bits per heavy atom. The molecule has 0 spiro atoms. The highest BCUT2D eigenvalue weighted by Gasteiger charge is 2.36. The first-order valence-corrected chi connectivity index (χ1v) is 9.48. The first kappa shape index (κ1) is 23.6. The minimum Gasteiger partial charge on any atom is -0.464 e. The van der Waals surface area contributed by atoms with Crippen molar-refractivity contribution >= 4 is 40.3 Å². The molecule has 0 aliphatic carbocycles. The zero-order valence-corrected chi connectivity index (χ0v) is 17.9. The van der Waals surface area contributed by atoms with Gasteiger partial charge in [0.05, 0.1) is 17.7 Å². The molecule has 1 aromatic carbocycles. The standard InChI is InChI=1S/C18H17ClF3N3O4S/c1-9-6-5-7-11(13(25-28-4)16(26)27-3)12(9)8-29-24-10(2)14-15(19)23-17(30-14)18(20,21)22/h5-7H,8H2,1-4H3/b24-10+,25-13+. The number of alkyl halides is 3. The number of thiazole rings is 1. The second kappa shape index (κ2) is 9.90. The molecule has 0 radical (unpaired) electrons. The van der Waals surface area contributed by atoms with Gasteiger partial charge in [-0.1, -0.05) is 40.1 Å². The summed E-state index contributed by atoms with van der Waals surface area (Å²) in [5, 5.41) is 6.18. The number of halogens is 4. The number of aromatic nitrogens is 1. The smallest absolute Gasteiger partial charge is 0.443 e. The minimum absolute atomic E-state index is 0.0465. The summed E-state index contributed by atoms with van der Waals surface area (Å²) in [5.74, 6) is -0.709. The van der Waals surface area contributed by atoms with Gasteiger partial charge in [0.15, 0.2) is 10.7 Å². The van der Waals surface area contributed by atoms with E-state index in [4.69, 9.17) is 26.0 Å². The summed E-state index contributed by atoms with van der Waals surface area (Å²) < 4.78 is 43.1. The summed E-state index contributed by atoms with van der Waals surface area (Å²) in [6.07, 6.45) is -4.60. The average Bonchev–Trinajstić information content (AvgIpc) is 3.09. The Labute approximate surface area is 179 Å². The number of hydrogen-bond donors (Lipinski definition) is 0. The molecule has 0 unspecified atom stereocenters. The number of carbonyl (C=O) groups is 1. The van der Waals surface area contributed by atoms with Gasteiger partial charge in [0, 0.05) is 11.1 Å². The molecule has 2 rings (SSSR count). The van der Waals surface area contributed by atoms with E-state index in [-0.39, 0.29) is 28.1 Å². The van der Waals surface area contributed by atoms with Gasteiger partial charge in [0.2, 0.25) is 0 Å². The number of aryl methyl sites for hydroxylation is 1. The summed E-state index contributed by atoms with van der Waals surface area (Å²) in [4.78, 5) is 25.5. The molecule has 162 valence electrons. The van der Waals surface area contributed by atoms with Crippen molar-refractivity contribution in [3.05, 3.63) is 49.9 Å². The van der Waals surface area contributed by atoms with Crippen LogP contribution in [0.3, 0.4) is 0 Å². The van der Waals surface area contributed by atoms with Crippen molar-refractivity contribution in [3.8, 4) is 0 Å². The van der Waals surface area contributed by atoms with Crippen molar-refractivity contribution in [1.82, 2.24) is 4.98 Å². The van der Waals surface area contributed by atoms with Crippen LogP contribution in [0.4, 0.5) is 13.2 Å². The largest absolute Gasteiger partial charge is 0.464 e. The van der Waals surface area contributed by atoms with Gasteiger partial charge in [-0.3, -0.25) is 0 Å². The maximum Gasteiger partial charge on any atom is 0.443 e. The lowest BCUT2D eigenvalue weighted by atomic mass is 9.99. The molecular formula is C18H17ClF3N3O4S. The van der Waals surface area contributed by atoms with Crippen LogP contribution in [0.5, 0.6) is 0 Å². The zero-order valence-electron chi connectivity index (χ0n) is 16.3. The maximum absolute atomic E-state index is 12.8. The van der Waals surface area contributed by atoms with Crippen molar-refractivity contribution < 1.29 is 32.4 Å². The molecule has 0 aliphatic rings. The Hall–Kier alpha value is -2.66. The monoisotopic (exact) mass is 463 g/mol. The molecule has 12 heteroatoms. The molecule has 2 aromatic rings. The Bertz CT molecular complexity index is 990. The van der Waals surface area contributed by atoms with Crippen molar-refractivity contribution in [3.63, 3.8) is 0 Å². The van der Waals surface area contributed by atoms with Gasteiger partial charge in [0.25, 0.3) is 0 Å². The Morgan fingerprint density at radius 1 is 1.27 bits per heavy atom. The molecule has 1 aromatic heterocycles. The molecule has 0 bridgehead atoms. The van der Waals surface area contributed by atoms with Gasteiger partial charge in [-0.25, -0.2) is 9.78 Å². The molecule has 0 saturated carbocycles. The quantitative estimate of drug-likeness (QED) is 0.341. The third-order valence-electron chi connectivity index (χ3n) is 3.79. The second-order valence-corrected chi connectivity index (χ2v) is 7.16. The molecule has 0 fully saturated rings. The van der Waals surface area contributed by atoms with Crippen LogP contribution >= 0.6 is 22.9 Å². The van der Waals surface area contributed by atoms with Gasteiger partial charge < -0.3 is 14.4 Å². The SMILES string of the molecule is CO/N=C(/C(=O)OC)c1cccc(C)c1CO/N=C(\C)c1sc(C(F)(F)F)nc1Cl. The van der Waals surface area contributed by atoms with Crippen LogP contribution in [0.15, 0.2) is 28.5 Å². The highest BCUT2D eigenvalue weighted by molar-refractivity contribution is 7.14. The number of oxime groups is 2. The molecule has 7 nitrogen and oxygen atoms in total. The Morgan fingerprint density at radius 2 is 1.97 bits per heavy atom. The first-order chi connectivity index (χ1) is 14.1. The Balaban J connectivity index is 2.29. The maximum atomic E-state index is 12.8. The lowest BCUT2D eigenvalue weighted by Gasteiger charge is -2.12. The van der Waals surface area contributed by atoms with Gasteiger partial charge in [-0.05, 0) is 19.4 Å². The summed E-state index contributed by atoms with van der Waals surface area (Å²) in [6.45, 7) is 3.14. The number of hydrogen-bond acceptors (Lipinski definition) is 8. The number of benzene rings is 1. The molecule has 0 amide bonds. The third-order valence-corrected chi connectivity index (χ3v) is 5.39. The van der Waals surface area contributed by atoms with Crippen LogP contribution in [0, 0.1) is 6.92 Å². The van der Waals surface area contributed by atoms with E-state index in [9.17, 15) is 18.0 Å². The molecule has 0 saturated heterocycles. The molecule has 0 atom stereocenters. The normalized spacial score (nSPS) is 12.7. The van der Waals surface area contributed by atoms with E-state index in [2.05, 4.69) is 15.3 Å². The second-order valence-electron chi connectivity index (χ2n) is 5.80. The molecule has 0 N–H and O–H groups in total. The fourth-order valence-electron chi connectivity index (χ4n) is 2.38. The predicted molar refractivity (Wildman–Crippen MR) is 106 cm³/mol. The van der Waals surface area contributed by atoms with Crippen LogP contribution < -0.4 is 0 Å². The third kappa shape index (κ3) is 5.48. The van der Waals surface area contributed by atoms with Crippen LogP contribution in [0.1, 0.15) is 33.5 Å². The fraction of sp³-hybridized carbons (Fsp3) is 0.333. The van der Waals surface area contributed by atoms with Gasteiger partial charge >= 0.3 is 12.1 Å². The van der Waals surface area contributed by atoms with E-state index in [1.54, 1.807) is 25.1 Å². The van der Waals surface area contributed by atoms with Gasteiger partial charge in [-0.2, -0.15) is 13.2 Å².